The highest BCUT2D eigenvalue weighted by Crippen LogP contribution is 2.31. The molecule has 1 aliphatic heterocycles. The molecule has 144 valence electrons. The molecule has 0 radical (unpaired) electrons. The maximum Gasteiger partial charge on any atom is 0.146 e. The van der Waals surface area contributed by atoms with Gasteiger partial charge in [0.15, 0.2) is 0 Å². The molecule has 3 heterocycles. The second-order valence-corrected chi connectivity index (χ2v) is 8.13. The number of piperazine rings is 1. The Morgan fingerprint density at radius 2 is 1.54 bits per heavy atom. The number of aromatic nitrogens is 3. The van der Waals surface area contributed by atoms with Crippen molar-refractivity contribution < 1.29 is 0 Å². The maximum absolute atomic E-state index is 9.67. The summed E-state index contributed by atoms with van der Waals surface area (Å²) in [6.45, 7) is 5.56. The van der Waals surface area contributed by atoms with Gasteiger partial charge >= 0.3 is 0 Å². The maximum atomic E-state index is 9.67. The van der Waals surface area contributed by atoms with Gasteiger partial charge in [-0.05, 0) is 63.5 Å². The third kappa shape index (κ3) is 2.99. The Morgan fingerprint density at radius 3 is 2.32 bits per heavy atom. The van der Waals surface area contributed by atoms with Crippen LogP contribution in [0.1, 0.15) is 53.2 Å². The zero-order chi connectivity index (χ0) is 19.1. The van der Waals surface area contributed by atoms with Crippen molar-refractivity contribution >= 4 is 11.6 Å². The van der Waals surface area contributed by atoms with Crippen LogP contribution in [0.4, 0.5) is 11.6 Å². The molecule has 0 saturated carbocycles. The second kappa shape index (κ2) is 7.05. The van der Waals surface area contributed by atoms with Crippen molar-refractivity contribution in [3.05, 3.63) is 40.0 Å². The van der Waals surface area contributed by atoms with Crippen LogP contribution in [0.2, 0.25) is 0 Å². The molecule has 0 unspecified atom stereocenters. The second-order valence-electron chi connectivity index (χ2n) is 8.13. The average molecular weight is 374 g/mol. The molecule has 6 nitrogen and oxygen atoms in total. The molecule has 28 heavy (non-hydrogen) atoms. The quantitative estimate of drug-likeness (QED) is 0.805. The third-order valence-corrected chi connectivity index (χ3v) is 6.30. The summed E-state index contributed by atoms with van der Waals surface area (Å²) in [6.07, 6.45) is 7.87. The number of aryl methyl sites for hydroxylation is 4. The Balaban J connectivity index is 1.38. The van der Waals surface area contributed by atoms with Crippen LogP contribution in [0, 0.1) is 18.3 Å². The zero-order valence-electron chi connectivity index (χ0n) is 16.5. The standard InChI is InChI=1S/C22H26N6/c1-15-24-20-8-4-6-18(20)22(25-15)28-11-9-27(10-12-28)21-17(14-23)13-16-5-2-3-7-19(16)26-21/h13H,2-12H2,1H3. The van der Waals surface area contributed by atoms with Gasteiger partial charge in [0.2, 0.25) is 0 Å². The van der Waals surface area contributed by atoms with Crippen LogP contribution in [-0.4, -0.2) is 41.1 Å². The summed E-state index contributed by atoms with van der Waals surface area (Å²) in [7, 11) is 0. The molecule has 0 bridgehead atoms. The molecule has 1 saturated heterocycles. The van der Waals surface area contributed by atoms with Crippen molar-refractivity contribution in [1.29, 1.82) is 5.26 Å². The van der Waals surface area contributed by atoms with Crippen LogP contribution >= 0.6 is 0 Å². The summed E-state index contributed by atoms with van der Waals surface area (Å²) >= 11 is 0. The van der Waals surface area contributed by atoms with Gasteiger partial charge < -0.3 is 9.80 Å². The lowest BCUT2D eigenvalue weighted by Crippen LogP contribution is -2.47. The molecule has 0 N–H and O–H groups in total. The van der Waals surface area contributed by atoms with E-state index in [1.165, 1.54) is 41.8 Å². The lowest BCUT2D eigenvalue weighted by molar-refractivity contribution is 0.627. The lowest BCUT2D eigenvalue weighted by atomic mass is 9.95. The first-order valence-corrected chi connectivity index (χ1v) is 10.5. The average Bonchev–Trinajstić information content (AvgIpc) is 3.20. The summed E-state index contributed by atoms with van der Waals surface area (Å²) in [6, 6.07) is 4.48. The minimum absolute atomic E-state index is 0.730. The number of anilines is 2. The van der Waals surface area contributed by atoms with E-state index in [0.29, 0.717) is 0 Å². The molecule has 0 spiro atoms. The molecular formula is C22H26N6. The molecular weight excluding hydrogens is 348 g/mol. The number of rotatable bonds is 2. The van der Waals surface area contributed by atoms with Gasteiger partial charge in [-0.25, -0.2) is 15.0 Å². The van der Waals surface area contributed by atoms with E-state index in [1.807, 2.05) is 6.92 Å². The van der Waals surface area contributed by atoms with E-state index >= 15 is 0 Å². The largest absolute Gasteiger partial charge is 0.353 e. The van der Waals surface area contributed by atoms with Crippen LogP contribution in [0.3, 0.4) is 0 Å². The van der Waals surface area contributed by atoms with Crippen molar-refractivity contribution in [1.82, 2.24) is 15.0 Å². The van der Waals surface area contributed by atoms with E-state index in [2.05, 4.69) is 26.9 Å². The van der Waals surface area contributed by atoms with Gasteiger partial charge in [-0.1, -0.05) is 0 Å². The Labute approximate surface area is 166 Å². The van der Waals surface area contributed by atoms with Gasteiger partial charge in [-0.15, -0.1) is 0 Å². The number of nitrogens with zero attached hydrogens (tertiary/aromatic N) is 6. The number of hydrogen-bond acceptors (Lipinski definition) is 6. The molecule has 2 aromatic heterocycles. The van der Waals surface area contributed by atoms with E-state index < -0.39 is 0 Å². The predicted molar refractivity (Wildman–Crippen MR) is 109 cm³/mol. The molecule has 0 amide bonds. The summed E-state index contributed by atoms with van der Waals surface area (Å²) in [4.78, 5) is 19.1. The molecule has 5 rings (SSSR count). The summed E-state index contributed by atoms with van der Waals surface area (Å²) in [5, 5.41) is 9.67. The highest BCUT2D eigenvalue weighted by molar-refractivity contribution is 5.58. The van der Waals surface area contributed by atoms with Crippen molar-refractivity contribution in [3.63, 3.8) is 0 Å². The SMILES string of the molecule is Cc1nc2c(c(N3CCN(c4nc5c(cc4C#N)CCCC5)CC3)n1)CCC2. The number of hydrogen-bond donors (Lipinski definition) is 0. The van der Waals surface area contributed by atoms with Crippen molar-refractivity contribution in [2.24, 2.45) is 0 Å². The minimum Gasteiger partial charge on any atom is -0.353 e. The number of pyridine rings is 1. The first-order valence-electron chi connectivity index (χ1n) is 10.5. The van der Waals surface area contributed by atoms with Gasteiger partial charge in [-0.2, -0.15) is 5.26 Å². The summed E-state index contributed by atoms with van der Waals surface area (Å²) in [5.74, 6) is 2.90. The van der Waals surface area contributed by atoms with Crippen LogP contribution in [0.15, 0.2) is 6.07 Å². The van der Waals surface area contributed by atoms with Gasteiger partial charge in [-0.3, -0.25) is 0 Å². The molecule has 6 heteroatoms. The summed E-state index contributed by atoms with van der Waals surface area (Å²) in [5.41, 5.74) is 5.80. The molecule has 2 aromatic rings. The van der Waals surface area contributed by atoms with E-state index in [9.17, 15) is 5.26 Å². The molecule has 0 atom stereocenters. The van der Waals surface area contributed by atoms with Crippen LogP contribution in [0.25, 0.3) is 0 Å². The highest BCUT2D eigenvalue weighted by atomic mass is 15.3. The molecule has 0 aromatic carbocycles. The minimum atomic E-state index is 0.730. The molecule has 2 aliphatic carbocycles. The Hall–Kier alpha value is -2.68. The first kappa shape index (κ1) is 17.4. The van der Waals surface area contributed by atoms with E-state index in [4.69, 9.17) is 9.97 Å². The van der Waals surface area contributed by atoms with Crippen LogP contribution < -0.4 is 9.80 Å². The lowest BCUT2D eigenvalue weighted by Gasteiger charge is -2.37. The Kier molecular flexibility index (Phi) is 4.38. The smallest absolute Gasteiger partial charge is 0.146 e. The van der Waals surface area contributed by atoms with Crippen molar-refractivity contribution in [2.75, 3.05) is 36.0 Å². The topological polar surface area (TPSA) is 68.9 Å². The van der Waals surface area contributed by atoms with Crippen LogP contribution in [0.5, 0.6) is 0 Å². The third-order valence-electron chi connectivity index (χ3n) is 6.30. The fourth-order valence-electron chi connectivity index (χ4n) is 4.87. The molecule has 1 fully saturated rings. The zero-order valence-corrected chi connectivity index (χ0v) is 16.5. The van der Waals surface area contributed by atoms with Crippen molar-refractivity contribution in [3.8, 4) is 6.07 Å². The van der Waals surface area contributed by atoms with E-state index in [0.717, 1.165) is 74.9 Å². The number of nitriles is 1. The Morgan fingerprint density at radius 1 is 0.821 bits per heavy atom. The van der Waals surface area contributed by atoms with E-state index in [-0.39, 0.29) is 0 Å². The van der Waals surface area contributed by atoms with Gasteiger partial charge in [0.1, 0.15) is 23.5 Å². The predicted octanol–water partition coefficient (Wildman–Crippen LogP) is 2.75. The highest BCUT2D eigenvalue weighted by Gasteiger charge is 2.27. The normalized spacial score (nSPS) is 18.6. The fourth-order valence-corrected chi connectivity index (χ4v) is 4.87. The monoisotopic (exact) mass is 374 g/mol. The van der Waals surface area contributed by atoms with Gasteiger partial charge in [0, 0.05) is 43.1 Å². The molecule has 3 aliphatic rings. The number of fused-ring (bicyclic) bond motifs is 2. The van der Waals surface area contributed by atoms with Crippen molar-refractivity contribution in [2.45, 2.75) is 51.9 Å². The van der Waals surface area contributed by atoms with Crippen LogP contribution in [-0.2, 0) is 25.7 Å². The Bertz CT molecular complexity index is 952. The summed E-state index contributed by atoms with van der Waals surface area (Å²) < 4.78 is 0. The van der Waals surface area contributed by atoms with E-state index in [1.54, 1.807) is 0 Å². The fraction of sp³-hybridized carbons (Fsp3) is 0.545. The van der Waals surface area contributed by atoms with Gasteiger partial charge in [0.05, 0.1) is 5.56 Å². The van der Waals surface area contributed by atoms with Gasteiger partial charge in [0.25, 0.3) is 0 Å². The first-order chi connectivity index (χ1) is 13.7.